The molecule has 2 aromatic carbocycles. The second-order valence-corrected chi connectivity index (χ2v) is 20.7. The first-order chi connectivity index (χ1) is 26.4. The fraction of sp³-hybridized carbons (Fsp3) is 0.571. The molecule has 1 heterocycles. The minimum atomic E-state index is -0.353. The van der Waals surface area contributed by atoms with Crippen LogP contribution in [0.5, 0.6) is 11.5 Å². The molecule has 7 aliphatic rings. The molecule has 6 heteroatoms. The van der Waals surface area contributed by atoms with Crippen LogP contribution in [-0.4, -0.2) is 24.1 Å². The molecule has 55 heavy (non-hydrogen) atoms. The summed E-state index contributed by atoms with van der Waals surface area (Å²) in [5.41, 5.74) is 12.0. The number of phenolic OH excluding ortho intramolecular Hbond substituents is 2. The average molecular weight is 938 g/mol. The van der Waals surface area contributed by atoms with Gasteiger partial charge in [0, 0.05) is 9.49 Å². The monoisotopic (exact) mass is 939 g/mol. The summed E-state index contributed by atoms with van der Waals surface area (Å²) in [5, 5.41) is 21.1. The summed E-state index contributed by atoms with van der Waals surface area (Å²) < 4.78 is 8.42. The van der Waals surface area contributed by atoms with Crippen LogP contribution in [-0.2, 0) is 36.2 Å². The summed E-state index contributed by atoms with van der Waals surface area (Å²) in [7, 11) is 0. The molecule has 4 bridgehead atoms. The SMILES string of the molecule is CC.CC(C)([CH]=[Mo]=[N]C12CC3CC(CC(C3)C1)C2)c1ccccc1.C[C@@H]1C(c2c(O)c(O)cc3c2CCCC3)=C2CCCCC2=C[C@@H]1I.Cc1ccc(C)[n-]1. The van der Waals surface area contributed by atoms with E-state index in [1.165, 1.54) is 97.6 Å². The largest absolute Gasteiger partial charge is 0.665 e. The van der Waals surface area contributed by atoms with Crippen molar-refractivity contribution < 1.29 is 28.1 Å². The van der Waals surface area contributed by atoms with Crippen LogP contribution >= 0.6 is 22.6 Å². The molecule has 0 unspecified atom stereocenters. The molecule has 4 nitrogen and oxygen atoms in total. The predicted molar refractivity (Wildman–Crippen MR) is 236 cm³/mol. The maximum Gasteiger partial charge on any atom is 0.165 e. The van der Waals surface area contributed by atoms with Gasteiger partial charge in [-0.2, -0.15) is 11.4 Å². The second kappa shape index (κ2) is 18.6. The van der Waals surface area contributed by atoms with E-state index in [0.29, 0.717) is 15.4 Å². The van der Waals surface area contributed by atoms with Crippen molar-refractivity contribution in [2.45, 2.75) is 153 Å². The Morgan fingerprint density at radius 2 is 1.42 bits per heavy atom. The number of halogens is 1. The number of fused-ring (bicyclic) bond motifs is 2. The van der Waals surface area contributed by atoms with Gasteiger partial charge in [0.1, 0.15) is 0 Å². The minimum Gasteiger partial charge on any atom is -0.665 e. The Morgan fingerprint density at radius 1 is 0.836 bits per heavy atom. The molecule has 0 amide bonds. The molecule has 1 aromatic heterocycles. The first kappa shape index (κ1) is 42.5. The first-order valence-corrected chi connectivity index (χ1v) is 24.7. The maximum absolute atomic E-state index is 10.8. The number of allylic oxidation sites excluding steroid dienone is 4. The number of nitrogens with zero attached hydrogens (tertiary/aromatic N) is 2. The van der Waals surface area contributed by atoms with E-state index in [2.05, 4.69) is 89.2 Å². The molecule has 3 aromatic rings. The number of aryl methyl sites for hydroxylation is 3. The van der Waals surface area contributed by atoms with Gasteiger partial charge in [-0.05, 0) is 91.2 Å². The third-order valence-corrected chi connectivity index (χ3v) is 17.4. The number of hydrogen-bond donors (Lipinski definition) is 2. The maximum atomic E-state index is 10.8. The van der Waals surface area contributed by atoms with Gasteiger partial charge < -0.3 is 15.2 Å². The number of rotatable bonds is 4. The predicted octanol–water partition coefficient (Wildman–Crippen LogP) is 13.0. The van der Waals surface area contributed by atoms with Crippen molar-refractivity contribution in [2.24, 2.45) is 27.2 Å². The number of aromatic hydroxyl groups is 2. The molecule has 0 aliphatic heterocycles. The van der Waals surface area contributed by atoms with Crippen molar-refractivity contribution in [2.75, 3.05) is 0 Å². The van der Waals surface area contributed by atoms with Gasteiger partial charge in [-0.15, -0.1) is 0 Å². The molecule has 298 valence electrons. The Bertz CT molecular complexity index is 1860. The number of hydrogen-bond acceptors (Lipinski definition) is 3. The van der Waals surface area contributed by atoms with Gasteiger partial charge in [0.2, 0.25) is 0 Å². The van der Waals surface area contributed by atoms with Crippen molar-refractivity contribution in [3.05, 3.63) is 99.4 Å². The van der Waals surface area contributed by atoms with E-state index in [1.54, 1.807) is 6.07 Å². The zero-order valence-electron chi connectivity index (χ0n) is 34.6. The number of phenols is 2. The zero-order valence-corrected chi connectivity index (χ0v) is 38.8. The minimum absolute atomic E-state index is 0.0582. The smallest absolute Gasteiger partial charge is 0.165 e. The van der Waals surface area contributed by atoms with Crippen molar-refractivity contribution in [3.63, 3.8) is 0 Å². The molecule has 2 atom stereocenters. The summed E-state index contributed by atoms with van der Waals surface area (Å²) in [6.45, 7) is 15.0. The molecule has 5 saturated carbocycles. The van der Waals surface area contributed by atoms with E-state index in [4.69, 9.17) is 3.50 Å². The van der Waals surface area contributed by atoms with E-state index < -0.39 is 0 Å². The molecule has 0 saturated heterocycles. The normalized spacial score (nSPS) is 27.4. The van der Waals surface area contributed by atoms with Gasteiger partial charge in [-0.25, -0.2) is 0 Å². The summed E-state index contributed by atoms with van der Waals surface area (Å²) in [6.07, 6.45) is 20.4. The molecular weight excluding hydrogens is 871 g/mol. The molecule has 0 spiro atoms. The number of aromatic nitrogens is 1. The third kappa shape index (κ3) is 9.96. The molecule has 2 N–H and O–H groups in total. The topological polar surface area (TPSA) is 66.9 Å². The quantitative estimate of drug-likeness (QED) is 0.119. The van der Waals surface area contributed by atoms with Crippen molar-refractivity contribution in [1.29, 1.82) is 0 Å². The Hall–Kier alpha value is -2.11. The van der Waals surface area contributed by atoms with Gasteiger partial charge in [0.15, 0.2) is 11.5 Å². The van der Waals surface area contributed by atoms with E-state index >= 15 is 0 Å². The molecule has 10 rings (SSSR count). The van der Waals surface area contributed by atoms with Crippen LogP contribution in [0.2, 0.25) is 0 Å². The van der Waals surface area contributed by atoms with E-state index in [-0.39, 0.29) is 34.8 Å². The van der Waals surface area contributed by atoms with E-state index in [9.17, 15) is 10.2 Å². The van der Waals surface area contributed by atoms with Crippen LogP contribution < -0.4 is 4.98 Å². The standard InChI is InChI=1S/C21H25IO2.C10H15N.C10H12.C6H8N.C2H6.Mo/c1-12-17(22)10-13-6-2-4-8-15(13)19(12)20-16-9-5-3-7-14(16)11-18(23)21(20)24;11-10-4-7-1-8(5-10)3-9(2-7)6-10;1-10(2,3)9-7-5-4-6-8-9;1-5-3-4-6(2)7-5;1-2;/h10-12,17,23-24H,2-9H2,1H3;7-9H,1-6H2;1,4-8H,2-3H3;3-4H,1-2H3;1-2H3;/q;;;-1;;/t12-,17-;;;;;/m0...../s1. The van der Waals surface area contributed by atoms with Crippen LogP contribution in [0.3, 0.4) is 0 Å². The molecular formula is C49H66IMoN2O2-. The summed E-state index contributed by atoms with van der Waals surface area (Å²) >= 11 is 2.18. The Balaban J connectivity index is 0.000000154. The first-order valence-electron chi connectivity index (χ1n) is 21.4. The third-order valence-electron chi connectivity index (χ3n) is 13.0. The molecule has 5 fully saturated rings. The van der Waals surface area contributed by atoms with Gasteiger partial charge in [0.05, 0.1) is 0 Å². The van der Waals surface area contributed by atoms with Gasteiger partial charge in [-0.1, -0.05) is 75.4 Å². The van der Waals surface area contributed by atoms with Crippen LogP contribution in [0.25, 0.3) is 5.57 Å². The Labute approximate surface area is 354 Å². The van der Waals surface area contributed by atoms with Crippen LogP contribution in [0.1, 0.15) is 145 Å². The Kier molecular flexibility index (Phi) is 14.4. The number of alkyl halides is 1. The summed E-state index contributed by atoms with van der Waals surface area (Å²) in [4.78, 5) is 4.11. The fourth-order valence-electron chi connectivity index (χ4n) is 10.7. The second-order valence-electron chi connectivity index (χ2n) is 17.8. The van der Waals surface area contributed by atoms with E-state index in [1.807, 2.05) is 39.8 Å². The van der Waals surface area contributed by atoms with Gasteiger partial charge in [0.25, 0.3) is 0 Å². The summed E-state index contributed by atoms with van der Waals surface area (Å²) in [6, 6.07) is 16.7. The van der Waals surface area contributed by atoms with Crippen LogP contribution in [0.15, 0.2) is 69.2 Å². The van der Waals surface area contributed by atoms with Crippen molar-refractivity contribution in [3.8, 4) is 11.5 Å². The molecule has 0 radical (unpaired) electrons. The van der Waals surface area contributed by atoms with Crippen LogP contribution in [0.4, 0.5) is 0 Å². The molecule has 7 aliphatic carbocycles. The van der Waals surface area contributed by atoms with Gasteiger partial charge >= 0.3 is 143 Å². The van der Waals surface area contributed by atoms with Crippen molar-refractivity contribution in [1.82, 2.24) is 4.98 Å². The number of benzene rings is 2. The van der Waals surface area contributed by atoms with Gasteiger partial charge in [-0.3, -0.25) is 0 Å². The van der Waals surface area contributed by atoms with E-state index in [0.717, 1.165) is 60.4 Å². The Morgan fingerprint density at radius 3 is 2.02 bits per heavy atom. The van der Waals surface area contributed by atoms with Crippen molar-refractivity contribution >= 4 is 32.6 Å². The fourth-order valence-corrected chi connectivity index (χ4v) is 13.7. The van der Waals surface area contributed by atoms with Crippen LogP contribution in [0, 0.1) is 37.5 Å². The summed E-state index contributed by atoms with van der Waals surface area (Å²) in [5.74, 6) is 3.60. The average Bonchev–Trinajstić information content (AvgIpc) is 3.56. The zero-order chi connectivity index (χ0) is 39.3.